The zero-order valence-electron chi connectivity index (χ0n) is 30.0. The van der Waals surface area contributed by atoms with Gasteiger partial charge in [0, 0.05) is 6.42 Å². The van der Waals surface area contributed by atoms with Crippen LogP contribution in [0.4, 0.5) is 0 Å². The molecule has 9 heteroatoms. The number of carbonyl (C=O) groups is 1. The van der Waals surface area contributed by atoms with E-state index in [-0.39, 0.29) is 19.1 Å². The molecule has 268 valence electrons. The van der Waals surface area contributed by atoms with Crippen molar-refractivity contribution in [1.82, 2.24) is 5.32 Å². The van der Waals surface area contributed by atoms with Gasteiger partial charge in [-0.2, -0.15) is 0 Å². The van der Waals surface area contributed by atoms with Crippen molar-refractivity contribution in [3.63, 3.8) is 0 Å². The van der Waals surface area contributed by atoms with Gasteiger partial charge in [-0.25, -0.2) is 4.57 Å². The van der Waals surface area contributed by atoms with Gasteiger partial charge < -0.3 is 19.8 Å². The Kier molecular flexibility index (Phi) is 28.3. The van der Waals surface area contributed by atoms with Crippen molar-refractivity contribution >= 4 is 13.7 Å². The lowest BCUT2D eigenvalue weighted by molar-refractivity contribution is -0.870. The Labute approximate surface area is 286 Å². The Bertz CT molecular complexity index is 1040. The Morgan fingerprint density at radius 3 is 1.77 bits per heavy atom. The van der Waals surface area contributed by atoms with E-state index in [4.69, 9.17) is 9.05 Å². The van der Waals surface area contributed by atoms with Gasteiger partial charge in [0.1, 0.15) is 13.2 Å². The molecular weight excluding hydrogens is 611 g/mol. The first-order valence-electron chi connectivity index (χ1n) is 17.5. The number of phosphoric ester groups is 1. The zero-order valence-corrected chi connectivity index (χ0v) is 30.9. The topological polar surface area (TPSA) is 105 Å². The molecule has 0 bridgehead atoms. The highest BCUT2D eigenvalue weighted by Gasteiger charge is 2.27. The fraction of sp³-hybridized carbons (Fsp3) is 0.605. The molecule has 0 saturated heterocycles. The van der Waals surface area contributed by atoms with Crippen LogP contribution in [-0.2, 0) is 18.4 Å². The van der Waals surface area contributed by atoms with Gasteiger partial charge in [0.2, 0.25) is 5.91 Å². The SMILES string of the molecule is CC/C=C\C/C=C\C/C=C\C/C=C\C/C=C\C/C=C\CCCCC(=O)NC(COP(=O)(O)OCC[N+](C)(C)C)C(O)/C=C/CCCC. The van der Waals surface area contributed by atoms with Gasteiger partial charge in [0.05, 0.1) is 39.9 Å². The number of aliphatic hydroxyl groups is 1. The van der Waals surface area contributed by atoms with E-state index >= 15 is 0 Å². The molecule has 3 N–H and O–H groups in total. The van der Waals surface area contributed by atoms with E-state index in [1.807, 2.05) is 27.2 Å². The summed E-state index contributed by atoms with van der Waals surface area (Å²) >= 11 is 0. The number of nitrogens with one attached hydrogen (secondary N) is 1. The van der Waals surface area contributed by atoms with Crippen LogP contribution in [0.3, 0.4) is 0 Å². The first-order chi connectivity index (χ1) is 22.5. The van der Waals surface area contributed by atoms with Crippen LogP contribution in [-0.4, -0.2) is 73.4 Å². The van der Waals surface area contributed by atoms with Crippen LogP contribution >= 0.6 is 7.82 Å². The van der Waals surface area contributed by atoms with Gasteiger partial charge in [0.25, 0.3) is 0 Å². The number of quaternary nitrogens is 1. The van der Waals surface area contributed by atoms with Crippen LogP contribution in [0, 0.1) is 0 Å². The highest BCUT2D eigenvalue weighted by Crippen LogP contribution is 2.43. The molecule has 1 amide bonds. The van der Waals surface area contributed by atoms with Crippen LogP contribution in [0.1, 0.15) is 97.3 Å². The smallest absolute Gasteiger partial charge is 0.387 e. The summed E-state index contributed by atoms with van der Waals surface area (Å²) in [5.74, 6) is -0.235. The molecule has 3 unspecified atom stereocenters. The molecule has 0 rings (SSSR count). The van der Waals surface area contributed by atoms with Crippen molar-refractivity contribution in [1.29, 1.82) is 0 Å². The van der Waals surface area contributed by atoms with Gasteiger partial charge in [-0.3, -0.25) is 13.8 Å². The highest BCUT2D eigenvalue weighted by molar-refractivity contribution is 7.47. The van der Waals surface area contributed by atoms with E-state index in [1.165, 1.54) is 0 Å². The van der Waals surface area contributed by atoms with Crippen LogP contribution in [0.25, 0.3) is 0 Å². The molecule has 8 nitrogen and oxygen atoms in total. The number of hydrogen-bond acceptors (Lipinski definition) is 5. The number of amides is 1. The van der Waals surface area contributed by atoms with E-state index < -0.39 is 20.0 Å². The normalized spacial score (nSPS) is 15.8. The van der Waals surface area contributed by atoms with E-state index in [9.17, 15) is 19.4 Å². The van der Waals surface area contributed by atoms with Gasteiger partial charge in [0.15, 0.2) is 0 Å². The summed E-state index contributed by atoms with van der Waals surface area (Å²) in [5.41, 5.74) is 0. The summed E-state index contributed by atoms with van der Waals surface area (Å²) in [4.78, 5) is 22.7. The maximum Gasteiger partial charge on any atom is 0.472 e. The lowest BCUT2D eigenvalue weighted by atomic mass is 10.1. The lowest BCUT2D eigenvalue weighted by Gasteiger charge is -2.25. The second-order valence-corrected chi connectivity index (χ2v) is 14.0. The van der Waals surface area contributed by atoms with Crippen LogP contribution < -0.4 is 5.32 Å². The van der Waals surface area contributed by atoms with Crippen LogP contribution in [0.5, 0.6) is 0 Å². The first-order valence-corrected chi connectivity index (χ1v) is 19.0. The number of nitrogens with zero attached hydrogens (tertiary/aromatic N) is 1. The molecule has 0 aromatic carbocycles. The number of allylic oxidation sites excluding steroid dienone is 13. The second kappa shape index (κ2) is 29.8. The van der Waals surface area contributed by atoms with Crippen molar-refractivity contribution in [3.05, 3.63) is 85.1 Å². The van der Waals surface area contributed by atoms with Crippen molar-refractivity contribution in [2.45, 2.75) is 109 Å². The fourth-order valence-electron chi connectivity index (χ4n) is 4.03. The molecule has 0 aromatic heterocycles. The molecule has 3 atom stereocenters. The number of carbonyl (C=O) groups excluding carboxylic acids is 1. The van der Waals surface area contributed by atoms with E-state index in [0.29, 0.717) is 23.9 Å². The summed E-state index contributed by atoms with van der Waals surface area (Å²) in [5, 5.41) is 13.4. The van der Waals surface area contributed by atoms with Crippen LogP contribution in [0.2, 0.25) is 0 Å². The van der Waals surface area contributed by atoms with Crippen molar-refractivity contribution < 1.29 is 32.9 Å². The third kappa shape index (κ3) is 32.0. The molecule has 0 aliphatic carbocycles. The Balaban J connectivity index is 4.36. The molecule has 47 heavy (non-hydrogen) atoms. The average Bonchev–Trinajstić information content (AvgIpc) is 3.01. The second-order valence-electron chi connectivity index (χ2n) is 12.5. The van der Waals surface area contributed by atoms with E-state index in [1.54, 1.807) is 6.08 Å². The van der Waals surface area contributed by atoms with E-state index in [0.717, 1.165) is 70.6 Å². The van der Waals surface area contributed by atoms with Crippen LogP contribution in [0.15, 0.2) is 85.1 Å². The minimum atomic E-state index is -4.33. The van der Waals surface area contributed by atoms with Gasteiger partial charge >= 0.3 is 7.82 Å². The molecule has 0 aromatic rings. The number of hydrogen-bond donors (Lipinski definition) is 3. The third-order valence-electron chi connectivity index (χ3n) is 6.87. The number of rotatable bonds is 29. The standard InChI is InChI=1S/C38H65N2O6P/c1-6-8-10-12-13-14-15-16-17-18-19-20-21-22-23-24-25-26-27-28-30-32-38(42)39-36(37(41)31-29-11-9-7-2)35-46-47(43,44)45-34-33-40(3,4)5/h8,10,13-14,16-17,19-20,22-23,25-26,29,31,36-37,41H,6-7,9,11-12,15,18,21,24,27-28,30,32-35H2,1-5H3,(H-,39,42,43,44)/p+1/b10-8-,14-13-,17-16-,20-19-,23-22-,26-25-,31-29+. The molecule has 0 heterocycles. The van der Waals surface area contributed by atoms with Gasteiger partial charge in [-0.1, -0.05) is 112 Å². The third-order valence-corrected chi connectivity index (χ3v) is 7.86. The number of unbranched alkanes of at least 4 members (excludes halogenated alkanes) is 4. The Hall–Kier alpha value is -2.32. The van der Waals surface area contributed by atoms with E-state index in [2.05, 4.69) is 92.1 Å². The molecule has 0 spiro atoms. The lowest BCUT2D eigenvalue weighted by Crippen LogP contribution is -2.45. The quantitative estimate of drug-likeness (QED) is 0.0317. The average molecular weight is 678 g/mol. The molecule has 0 fully saturated rings. The molecule has 0 saturated carbocycles. The summed E-state index contributed by atoms with van der Waals surface area (Å²) in [6.45, 7) is 4.45. The Morgan fingerprint density at radius 2 is 1.26 bits per heavy atom. The molecule has 0 aliphatic heterocycles. The Morgan fingerprint density at radius 1 is 0.745 bits per heavy atom. The highest BCUT2D eigenvalue weighted by atomic mass is 31.2. The fourth-order valence-corrected chi connectivity index (χ4v) is 4.76. The summed E-state index contributed by atoms with van der Waals surface area (Å²) < 4.78 is 23.2. The summed E-state index contributed by atoms with van der Waals surface area (Å²) in [6, 6.07) is -0.869. The maximum absolute atomic E-state index is 12.6. The van der Waals surface area contributed by atoms with Crippen molar-refractivity contribution in [2.75, 3.05) is 40.9 Å². The first kappa shape index (κ1) is 44.7. The number of aliphatic hydroxyl groups excluding tert-OH is 1. The predicted molar refractivity (Wildman–Crippen MR) is 198 cm³/mol. The van der Waals surface area contributed by atoms with Gasteiger partial charge in [-0.15, -0.1) is 0 Å². The molecule has 0 radical (unpaired) electrons. The minimum absolute atomic E-state index is 0.0462. The van der Waals surface area contributed by atoms with Crippen molar-refractivity contribution in [2.24, 2.45) is 0 Å². The zero-order chi connectivity index (χ0) is 35.1. The monoisotopic (exact) mass is 677 g/mol. The molecular formula is C38H66N2O6P+. The summed E-state index contributed by atoms with van der Waals surface area (Å²) in [6.07, 6.45) is 40.0. The molecule has 0 aliphatic rings. The predicted octanol–water partition coefficient (Wildman–Crippen LogP) is 8.68. The van der Waals surface area contributed by atoms with Gasteiger partial charge in [-0.05, 0) is 64.2 Å². The largest absolute Gasteiger partial charge is 0.472 e. The number of likely N-dealkylation sites (N-methyl/N-ethyl adjacent to an activating group) is 1. The maximum atomic E-state index is 12.6. The number of phosphoric acid groups is 1. The van der Waals surface area contributed by atoms with Crippen molar-refractivity contribution in [3.8, 4) is 0 Å². The minimum Gasteiger partial charge on any atom is -0.387 e. The summed E-state index contributed by atoms with van der Waals surface area (Å²) in [7, 11) is 1.51.